The van der Waals surface area contributed by atoms with Crippen molar-refractivity contribution in [3.05, 3.63) is 50.3 Å². The molecule has 0 saturated heterocycles. The summed E-state index contributed by atoms with van der Waals surface area (Å²) in [5, 5.41) is 28.1. The van der Waals surface area contributed by atoms with E-state index >= 15 is 0 Å². The van der Waals surface area contributed by atoms with Crippen LogP contribution >= 0.6 is 0 Å². The van der Waals surface area contributed by atoms with Gasteiger partial charge in [0.05, 0.1) is 15.8 Å². The molecule has 0 radical (unpaired) electrons. The van der Waals surface area contributed by atoms with Gasteiger partial charge in [-0.2, -0.15) is 5.26 Å². The molecule has 1 amide bonds. The Morgan fingerprint density at radius 3 is 2.75 bits per heavy atom. The molecule has 0 atom stereocenters. The summed E-state index contributed by atoms with van der Waals surface area (Å²) in [4.78, 5) is 33.4. The highest BCUT2D eigenvalue weighted by Crippen LogP contribution is 2.18. The van der Waals surface area contributed by atoms with Crippen LogP contribution in [0, 0.1) is 21.6 Å². The van der Waals surface area contributed by atoms with Crippen LogP contribution in [0.15, 0.2) is 29.2 Å². The number of rotatable bonds is 2. The molecule has 1 heterocycles. The molecule has 1 aromatic carbocycles. The van der Waals surface area contributed by atoms with Crippen LogP contribution in [0.3, 0.4) is 0 Å². The molecule has 0 fully saturated rings. The Balaban J connectivity index is 2.92. The third-order valence-corrected chi connectivity index (χ3v) is 2.65. The van der Waals surface area contributed by atoms with Crippen LogP contribution in [0.2, 0.25) is 0 Å². The van der Waals surface area contributed by atoms with Gasteiger partial charge in [0.2, 0.25) is 5.43 Å². The van der Waals surface area contributed by atoms with Gasteiger partial charge in [-0.3, -0.25) is 29.5 Å². The first-order valence-corrected chi connectivity index (χ1v) is 5.18. The number of aromatic nitrogens is 1. The molecular formula is C11H6N4O5. The fourth-order valence-corrected chi connectivity index (χ4v) is 1.74. The highest BCUT2D eigenvalue weighted by Gasteiger charge is 2.17. The van der Waals surface area contributed by atoms with E-state index in [0.29, 0.717) is 0 Å². The van der Waals surface area contributed by atoms with Crippen molar-refractivity contribution < 1.29 is 14.9 Å². The van der Waals surface area contributed by atoms with Crippen molar-refractivity contribution in [2.75, 3.05) is 0 Å². The molecule has 20 heavy (non-hydrogen) atoms. The fourth-order valence-electron chi connectivity index (χ4n) is 1.74. The molecule has 0 unspecified atom stereocenters. The average molecular weight is 274 g/mol. The Hall–Kier alpha value is -3.25. The summed E-state index contributed by atoms with van der Waals surface area (Å²) in [6.45, 7) is 0. The molecule has 0 spiro atoms. The van der Waals surface area contributed by atoms with Gasteiger partial charge < -0.3 is 0 Å². The van der Waals surface area contributed by atoms with E-state index in [-0.39, 0.29) is 16.6 Å². The van der Waals surface area contributed by atoms with Crippen LogP contribution in [-0.4, -0.2) is 20.6 Å². The molecule has 0 saturated carbocycles. The van der Waals surface area contributed by atoms with E-state index < -0.39 is 21.8 Å². The monoisotopic (exact) mass is 274 g/mol. The predicted octanol–water partition coefficient (Wildman–Crippen LogP) is 0.358. The molecule has 2 N–H and O–H groups in total. The SMILES string of the molecule is N#Cn1cc(C(=O)NO)c(=O)c2cc([N+](=O)[O-])ccc21. The third-order valence-electron chi connectivity index (χ3n) is 2.65. The minimum Gasteiger partial charge on any atom is -0.288 e. The van der Waals surface area contributed by atoms with Gasteiger partial charge in [-0.1, -0.05) is 0 Å². The Bertz CT molecular complexity index is 833. The number of benzene rings is 1. The van der Waals surface area contributed by atoms with Crippen molar-refractivity contribution in [1.29, 1.82) is 5.26 Å². The summed E-state index contributed by atoms with van der Waals surface area (Å²) in [6.07, 6.45) is 2.66. The van der Waals surface area contributed by atoms with E-state index in [9.17, 15) is 19.7 Å². The molecule has 1 aromatic heterocycles. The topological polar surface area (TPSA) is 138 Å². The summed E-state index contributed by atoms with van der Waals surface area (Å²) in [5.41, 5.74) is -0.260. The number of hydrogen-bond acceptors (Lipinski definition) is 6. The van der Waals surface area contributed by atoms with Crippen LogP contribution in [-0.2, 0) is 0 Å². The standard InChI is InChI=1S/C11H6N4O5/c12-5-14-4-8(11(17)13-18)10(16)7-3-6(15(19)20)1-2-9(7)14/h1-4,18H,(H,13,17). The quantitative estimate of drug-likeness (QED) is 0.460. The number of nitro groups is 1. The van der Waals surface area contributed by atoms with Crippen LogP contribution in [0.4, 0.5) is 5.69 Å². The van der Waals surface area contributed by atoms with Crippen LogP contribution in [0.5, 0.6) is 0 Å². The van der Waals surface area contributed by atoms with E-state index in [1.807, 2.05) is 0 Å². The van der Waals surface area contributed by atoms with Crippen molar-refractivity contribution >= 4 is 22.5 Å². The minimum atomic E-state index is -1.10. The lowest BCUT2D eigenvalue weighted by Crippen LogP contribution is -2.27. The number of nitro benzene ring substituents is 1. The number of hydroxylamine groups is 1. The van der Waals surface area contributed by atoms with E-state index in [4.69, 9.17) is 10.5 Å². The summed E-state index contributed by atoms with van der Waals surface area (Å²) in [6, 6.07) is 3.35. The second-order valence-electron chi connectivity index (χ2n) is 3.74. The Morgan fingerprint density at radius 1 is 1.50 bits per heavy atom. The maximum Gasteiger partial charge on any atom is 0.280 e. The van der Waals surface area contributed by atoms with Gasteiger partial charge >= 0.3 is 0 Å². The number of amides is 1. The van der Waals surface area contributed by atoms with Gasteiger partial charge in [0, 0.05) is 18.3 Å². The first-order chi connectivity index (χ1) is 9.49. The van der Waals surface area contributed by atoms with Crippen molar-refractivity contribution in [2.45, 2.75) is 0 Å². The molecule has 9 nitrogen and oxygen atoms in total. The van der Waals surface area contributed by atoms with Gasteiger partial charge in [0.1, 0.15) is 5.56 Å². The number of carbonyl (C=O) groups is 1. The molecular weight excluding hydrogens is 268 g/mol. The molecule has 100 valence electrons. The summed E-state index contributed by atoms with van der Waals surface area (Å²) in [7, 11) is 0. The van der Waals surface area contributed by atoms with Gasteiger partial charge in [-0.05, 0) is 6.07 Å². The van der Waals surface area contributed by atoms with E-state index in [1.54, 1.807) is 6.19 Å². The largest absolute Gasteiger partial charge is 0.288 e. The first kappa shape index (κ1) is 13.2. The number of nitrogens with one attached hydrogen (secondary N) is 1. The number of nitrogens with zero attached hydrogens (tertiary/aromatic N) is 3. The smallest absolute Gasteiger partial charge is 0.280 e. The highest BCUT2D eigenvalue weighted by molar-refractivity contribution is 5.97. The lowest BCUT2D eigenvalue weighted by Gasteiger charge is -2.05. The zero-order valence-corrected chi connectivity index (χ0v) is 9.73. The minimum absolute atomic E-state index is 0.123. The molecule has 0 aliphatic heterocycles. The second kappa shape index (κ2) is 4.79. The van der Waals surface area contributed by atoms with Gasteiger partial charge in [-0.25, -0.2) is 5.48 Å². The Kier molecular flexibility index (Phi) is 3.16. The Morgan fingerprint density at radius 2 is 2.20 bits per heavy atom. The fraction of sp³-hybridized carbons (Fsp3) is 0. The number of hydrogen-bond donors (Lipinski definition) is 2. The predicted molar refractivity (Wildman–Crippen MR) is 65.1 cm³/mol. The highest BCUT2D eigenvalue weighted by atomic mass is 16.6. The van der Waals surface area contributed by atoms with Crippen molar-refractivity contribution in [3.8, 4) is 6.19 Å². The maximum absolute atomic E-state index is 12.1. The van der Waals surface area contributed by atoms with Gasteiger partial charge in [-0.15, -0.1) is 0 Å². The zero-order chi connectivity index (χ0) is 14.9. The van der Waals surface area contributed by atoms with Gasteiger partial charge in [0.15, 0.2) is 6.19 Å². The Labute approximate surface area is 110 Å². The van der Waals surface area contributed by atoms with E-state index in [0.717, 1.165) is 22.9 Å². The normalized spacial score (nSPS) is 10.0. The van der Waals surface area contributed by atoms with E-state index in [1.165, 1.54) is 11.5 Å². The van der Waals surface area contributed by atoms with Crippen molar-refractivity contribution in [3.63, 3.8) is 0 Å². The lowest BCUT2D eigenvalue weighted by molar-refractivity contribution is -0.384. The first-order valence-electron chi connectivity index (χ1n) is 5.18. The van der Waals surface area contributed by atoms with Crippen molar-refractivity contribution in [2.24, 2.45) is 0 Å². The third kappa shape index (κ3) is 1.96. The number of nitriles is 1. The van der Waals surface area contributed by atoms with Gasteiger partial charge in [0.25, 0.3) is 11.6 Å². The summed E-state index contributed by atoms with van der Waals surface area (Å²) in [5.74, 6) is -1.10. The molecule has 0 aliphatic rings. The van der Waals surface area contributed by atoms with Crippen LogP contribution in [0.1, 0.15) is 10.4 Å². The van der Waals surface area contributed by atoms with Crippen LogP contribution < -0.4 is 10.9 Å². The molecule has 0 aliphatic carbocycles. The number of carbonyl (C=O) groups excluding carboxylic acids is 1. The second-order valence-corrected chi connectivity index (χ2v) is 3.74. The zero-order valence-electron chi connectivity index (χ0n) is 9.73. The molecule has 9 heteroatoms. The summed E-state index contributed by atoms with van der Waals surface area (Å²) < 4.78 is 0.908. The average Bonchev–Trinajstić information content (AvgIpc) is 2.46. The number of pyridine rings is 1. The van der Waals surface area contributed by atoms with Crippen LogP contribution in [0.25, 0.3) is 10.9 Å². The van der Waals surface area contributed by atoms with Crippen molar-refractivity contribution in [1.82, 2.24) is 10.0 Å². The number of non-ortho nitro benzene ring substituents is 1. The number of fused-ring (bicyclic) bond motifs is 1. The molecule has 2 rings (SSSR count). The maximum atomic E-state index is 12.1. The summed E-state index contributed by atoms with van der Waals surface area (Å²) >= 11 is 0. The van der Waals surface area contributed by atoms with E-state index in [2.05, 4.69) is 0 Å². The molecule has 0 bridgehead atoms. The molecule has 2 aromatic rings. The lowest BCUT2D eigenvalue weighted by atomic mass is 10.1.